The predicted molar refractivity (Wildman–Crippen MR) is 33.4 cm³/mol. The van der Waals surface area contributed by atoms with Crippen molar-refractivity contribution in [2.45, 2.75) is 0 Å². The Labute approximate surface area is 79.8 Å². The molecule has 0 aliphatic rings. The first-order valence-electron chi connectivity index (χ1n) is 2.24. The van der Waals surface area contributed by atoms with E-state index in [0.29, 0.717) is 0 Å². The summed E-state index contributed by atoms with van der Waals surface area (Å²) < 4.78 is 4.09. The van der Waals surface area contributed by atoms with E-state index in [1.807, 2.05) is 0 Å². The van der Waals surface area contributed by atoms with Crippen LogP contribution in [0.15, 0.2) is 0 Å². The van der Waals surface area contributed by atoms with Gasteiger partial charge in [-0.15, -0.1) is 0 Å². The largest absolute Gasteiger partial charge is 0.479 e. The number of aliphatic carboxylic acids is 1. The molecule has 0 aromatic rings. The Morgan fingerprint density at radius 3 is 2.30 bits per heavy atom. The molecule has 10 heavy (non-hydrogen) atoms. The molecule has 0 aromatic carbocycles. The van der Waals surface area contributed by atoms with Crippen LogP contribution in [-0.2, 0) is 14.3 Å². The molecule has 5 nitrogen and oxygen atoms in total. The molecule has 3 N–H and O–H groups in total. The van der Waals surface area contributed by atoms with Gasteiger partial charge in [0.1, 0.15) is 0 Å². The summed E-state index contributed by atoms with van der Waals surface area (Å²) in [5.74, 6) is -1.89. The number of esters is 1. The fourth-order valence-corrected chi connectivity index (χ4v) is 0.201. The minimum atomic E-state index is -1.18. The van der Waals surface area contributed by atoms with Gasteiger partial charge in [-0.1, -0.05) is 0 Å². The van der Waals surface area contributed by atoms with Crippen LogP contribution in [0.3, 0.4) is 0 Å². The number of hydrogen-bond donors (Lipinski definition) is 2. The number of carboxylic acid groups (broad SMARTS) is 1. The summed E-state index contributed by atoms with van der Waals surface area (Å²) in [5.41, 5.74) is 4.79. The molecule has 1 radical (unpaired) electrons. The first-order valence-corrected chi connectivity index (χ1v) is 2.24. The van der Waals surface area contributed by atoms with Crippen LogP contribution in [0.5, 0.6) is 0 Å². The molecule has 0 saturated heterocycles. The van der Waals surface area contributed by atoms with Gasteiger partial charge < -0.3 is 15.6 Å². The topological polar surface area (TPSA) is 89.6 Å². The number of ether oxygens (including phenoxy) is 1. The monoisotopic (exact) mass is 156 g/mol. The molecule has 0 atom stereocenters. The SMILES string of the molecule is NCC(=O)OCC(=O)O.[Na]. The van der Waals surface area contributed by atoms with E-state index in [2.05, 4.69) is 4.74 Å². The van der Waals surface area contributed by atoms with Gasteiger partial charge in [-0.2, -0.15) is 0 Å². The van der Waals surface area contributed by atoms with E-state index in [4.69, 9.17) is 10.8 Å². The Morgan fingerprint density at radius 1 is 1.50 bits per heavy atom. The molecule has 0 saturated carbocycles. The van der Waals surface area contributed by atoms with Gasteiger partial charge in [-0.3, -0.25) is 4.79 Å². The average Bonchev–Trinajstić information content (AvgIpc) is 1.83. The molecule has 0 heterocycles. The molecule has 6 heteroatoms. The van der Waals surface area contributed by atoms with Crippen molar-refractivity contribution in [3.05, 3.63) is 0 Å². The van der Waals surface area contributed by atoms with Crippen molar-refractivity contribution < 1.29 is 19.4 Å². The zero-order chi connectivity index (χ0) is 7.28. The minimum absolute atomic E-state index is 0. The Morgan fingerprint density at radius 2 is 2.00 bits per heavy atom. The maximum absolute atomic E-state index is 10.1. The molecule has 0 aliphatic heterocycles. The van der Waals surface area contributed by atoms with Gasteiger partial charge in [0, 0.05) is 29.6 Å². The van der Waals surface area contributed by atoms with Gasteiger partial charge in [0.25, 0.3) is 0 Å². The number of carboxylic acids is 1. The second kappa shape index (κ2) is 7.01. The third kappa shape index (κ3) is 7.90. The maximum atomic E-state index is 10.1. The molecular formula is C4H7NNaO4. The van der Waals surface area contributed by atoms with Gasteiger partial charge in [-0.05, 0) is 0 Å². The third-order valence-electron chi connectivity index (χ3n) is 0.523. The summed E-state index contributed by atoms with van der Waals surface area (Å²) in [6.45, 7) is -0.899. The Bertz CT molecular complexity index is 126. The predicted octanol–water partition coefficient (Wildman–Crippen LogP) is -1.81. The van der Waals surface area contributed by atoms with Crippen molar-refractivity contribution >= 4 is 41.5 Å². The van der Waals surface area contributed by atoms with E-state index in [-0.39, 0.29) is 36.1 Å². The average molecular weight is 156 g/mol. The summed E-state index contributed by atoms with van der Waals surface area (Å²) in [4.78, 5) is 19.8. The van der Waals surface area contributed by atoms with Crippen molar-refractivity contribution in [1.29, 1.82) is 0 Å². The fraction of sp³-hybridized carbons (Fsp3) is 0.500. The number of rotatable bonds is 3. The van der Waals surface area contributed by atoms with Gasteiger partial charge in [0.2, 0.25) is 0 Å². The van der Waals surface area contributed by atoms with Crippen LogP contribution in [0.4, 0.5) is 0 Å². The standard InChI is InChI=1S/C4H7NO4.Na/c5-1-4(8)9-2-3(6)7;/h1-2,5H2,(H,6,7);. The second-order valence-electron chi connectivity index (χ2n) is 1.26. The van der Waals surface area contributed by atoms with Gasteiger partial charge in [-0.25, -0.2) is 4.79 Å². The number of nitrogens with two attached hydrogens (primary N) is 1. The van der Waals surface area contributed by atoms with Crippen molar-refractivity contribution in [3.63, 3.8) is 0 Å². The maximum Gasteiger partial charge on any atom is 0.341 e. The smallest absolute Gasteiger partial charge is 0.341 e. The Hall–Kier alpha value is -0.100. The summed E-state index contributed by atoms with van der Waals surface area (Å²) in [5, 5.41) is 7.94. The molecular weight excluding hydrogens is 149 g/mol. The quantitative estimate of drug-likeness (QED) is 0.371. The van der Waals surface area contributed by atoms with E-state index in [9.17, 15) is 9.59 Å². The summed E-state index contributed by atoms with van der Waals surface area (Å²) >= 11 is 0. The van der Waals surface area contributed by atoms with Crippen LogP contribution in [0.1, 0.15) is 0 Å². The zero-order valence-corrected chi connectivity index (χ0v) is 7.66. The van der Waals surface area contributed by atoms with Crippen LogP contribution >= 0.6 is 0 Å². The van der Waals surface area contributed by atoms with Crippen LogP contribution < -0.4 is 5.73 Å². The summed E-state index contributed by atoms with van der Waals surface area (Å²) in [6, 6.07) is 0. The van der Waals surface area contributed by atoms with E-state index in [1.54, 1.807) is 0 Å². The molecule has 0 spiro atoms. The molecule has 0 unspecified atom stereocenters. The van der Waals surface area contributed by atoms with E-state index < -0.39 is 18.5 Å². The van der Waals surface area contributed by atoms with Crippen molar-refractivity contribution in [1.82, 2.24) is 0 Å². The summed E-state index contributed by atoms with van der Waals surface area (Å²) in [7, 11) is 0. The number of carbonyl (C=O) groups is 2. The molecule has 0 amide bonds. The zero-order valence-electron chi connectivity index (χ0n) is 5.66. The van der Waals surface area contributed by atoms with Crippen LogP contribution in [0.2, 0.25) is 0 Å². The van der Waals surface area contributed by atoms with Crippen molar-refractivity contribution in [2.75, 3.05) is 13.2 Å². The van der Waals surface area contributed by atoms with Gasteiger partial charge in [0.15, 0.2) is 6.61 Å². The van der Waals surface area contributed by atoms with Crippen molar-refractivity contribution in [3.8, 4) is 0 Å². The summed E-state index contributed by atoms with van der Waals surface area (Å²) in [6.07, 6.45) is 0. The first-order chi connectivity index (χ1) is 4.16. The van der Waals surface area contributed by atoms with Crippen LogP contribution in [0.25, 0.3) is 0 Å². The molecule has 0 bridgehead atoms. The van der Waals surface area contributed by atoms with E-state index in [0.717, 1.165) is 0 Å². The normalized spacial score (nSPS) is 7.70. The second-order valence-corrected chi connectivity index (χ2v) is 1.26. The van der Waals surface area contributed by atoms with Gasteiger partial charge in [0.05, 0.1) is 6.54 Å². The third-order valence-corrected chi connectivity index (χ3v) is 0.523. The molecule has 0 fully saturated rings. The van der Waals surface area contributed by atoms with Crippen LogP contribution in [0, 0.1) is 0 Å². The Balaban J connectivity index is 0. The Kier molecular flexibility index (Phi) is 8.81. The molecule has 0 aromatic heterocycles. The van der Waals surface area contributed by atoms with E-state index >= 15 is 0 Å². The number of hydrogen-bond acceptors (Lipinski definition) is 4. The molecule has 0 rings (SSSR count). The number of carbonyl (C=O) groups excluding carboxylic acids is 1. The van der Waals surface area contributed by atoms with Crippen molar-refractivity contribution in [2.24, 2.45) is 5.73 Å². The fourth-order valence-electron chi connectivity index (χ4n) is 0.201. The molecule has 53 valence electrons. The molecule has 0 aliphatic carbocycles. The first kappa shape index (κ1) is 12.6. The van der Waals surface area contributed by atoms with E-state index in [1.165, 1.54) is 0 Å². The minimum Gasteiger partial charge on any atom is -0.479 e. The van der Waals surface area contributed by atoms with Gasteiger partial charge >= 0.3 is 11.9 Å². The van der Waals surface area contributed by atoms with Crippen LogP contribution in [-0.4, -0.2) is 59.8 Å².